The number of guanidine groups is 1. The van der Waals surface area contributed by atoms with Gasteiger partial charge in [0.1, 0.15) is 5.75 Å². The van der Waals surface area contributed by atoms with Gasteiger partial charge in [0.15, 0.2) is 11.0 Å². The van der Waals surface area contributed by atoms with Crippen LogP contribution in [0.15, 0.2) is 29.3 Å². The molecular formula is C11H15N5O3. The molecule has 0 radical (unpaired) electrons. The molecule has 0 bridgehead atoms. The highest BCUT2D eigenvalue weighted by Crippen LogP contribution is 2.15. The predicted octanol–water partition coefficient (Wildman–Crippen LogP) is 0.257. The number of phenolic OH excluding ortho intramolecular Hbond substituents is 1. The summed E-state index contributed by atoms with van der Waals surface area (Å²) in [6.07, 6.45) is 0. The topological polar surface area (TPSA) is 103 Å². The lowest BCUT2D eigenvalue weighted by molar-refractivity contribution is -0.544. The molecule has 8 nitrogen and oxygen atoms in total. The second-order valence-corrected chi connectivity index (χ2v) is 4.03. The highest BCUT2D eigenvalue weighted by molar-refractivity contribution is 5.94. The van der Waals surface area contributed by atoms with Crippen LogP contribution in [0.3, 0.4) is 0 Å². The molecule has 0 saturated heterocycles. The number of nitrogens with zero attached hydrogens (tertiary/aromatic N) is 3. The van der Waals surface area contributed by atoms with Crippen molar-refractivity contribution in [1.82, 2.24) is 10.3 Å². The second-order valence-electron chi connectivity index (χ2n) is 4.03. The lowest BCUT2D eigenvalue weighted by Gasteiger charge is -2.20. The van der Waals surface area contributed by atoms with E-state index in [4.69, 9.17) is 0 Å². The SMILES string of the molecule is O=[N+]([O-])NCCN1CCN=C1Nc1ccc(O)cc1. The summed E-state index contributed by atoms with van der Waals surface area (Å²) in [6.45, 7) is 2.16. The molecule has 0 unspecified atom stereocenters. The Kier molecular flexibility index (Phi) is 4.01. The van der Waals surface area contributed by atoms with Crippen LogP contribution in [0.2, 0.25) is 0 Å². The van der Waals surface area contributed by atoms with Crippen molar-refractivity contribution in [2.24, 2.45) is 4.99 Å². The smallest absolute Gasteiger partial charge is 0.198 e. The summed E-state index contributed by atoms with van der Waals surface area (Å²) in [5.41, 5.74) is 2.94. The molecule has 1 aromatic rings. The van der Waals surface area contributed by atoms with E-state index in [0.29, 0.717) is 19.0 Å². The van der Waals surface area contributed by atoms with Crippen LogP contribution in [0, 0.1) is 10.1 Å². The van der Waals surface area contributed by atoms with Gasteiger partial charge in [-0.2, -0.15) is 0 Å². The summed E-state index contributed by atoms with van der Waals surface area (Å²) >= 11 is 0. The third-order valence-corrected chi connectivity index (χ3v) is 2.68. The zero-order valence-corrected chi connectivity index (χ0v) is 10.2. The lowest BCUT2D eigenvalue weighted by Crippen LogP contribution is -2.39. The fourth-order valence-corrected chi connectivity index (χ4v) is 1.77. The van der Waals surface area contributed by atoms with Crippen molar-refractivity contribution in [2.75, 3.05) is 31.5 Å². The number of aromatic hydroxyl groups is 1. The van der Waals surface area contributed by atoms with E-state index in [1.165, 1.54) is 0 Å². The minimum atomic E-state index is -0.555. The summed E-state index contributed by atoms with van der Waals surface area (Å²) in [5, 5.41) is 21.9. The first-order valence-electron chi connectivity index (χ1n) is 5.88. The van der Waals surface area contributed by atoms with E-state index in [9.17, 15) is 15.2 Å². The van der Waals surface area contributed by atoms with Crippen molar-refractivity contribution in [3.8, 4) is 5.75 Å². The molecule has 2 rings (SSSR count). The van der Waals surface area contributed by atoms with E-state index in [2.05, 4.69) is 15.7 Å². The normalized spacial score (nSPS) is 14.1. The van der Waals surface area contributed by atoms with Crippen LogP contribution in [-0.2, 0) is 0 Å². The molecule has 1 aromatic carbocycles. The summed E-state index contributed by atoms with van der Waals surface area (Å²) in [7, 11) is 0. The minimum absolute atomic E-state index is 0.200. The number of hydrogen-bond donors (Lipinski definition) is 3. The highest BCUT2D eigenvalue weighted by atomic mass is 16.7. The third-order valence-electron chi connectivity index (χ3n) is 2.68. The summed E-state index contributed by atoms with van der Waals surface area (Å²) < 4.78 is 0. The first kappa shape index (κ1) is 12.9. The molecule has 1 aliphatic heterocycles. The maximum Gasteiger partial charge on any atom is 0.198 e. The fourth-order valence-electron chi connectivity index (χ4n) is 1.77. The molecule has 1 heterocycles. The van der Waals surface area contributed by atoms with Crippen LogP contribution < -0.4 is 10.7 Å². The molecule has 0 atom stereocenters. The van der Waals surface area contributed by atoms with E-state index >= 15 is 0 Å². The summed E-state index contributed by atoms with van der Waals surface area (Å²) in [4.78, 5) is 16.4. The largest absolute Gasteiger partial charge is 0.508 e. The Morgan fingerprint density at radius 3 is 2.84 bits per heavy atom. The molecule has 0 spiro atoms. The fraction of sp³-hybridized carbons (Fsp3) is 0.364. The van der Waals surface area contributed by atoms with E-state index in [-0.39, 0.29) is 12.3 Å². The number of hydrazine groups is 1. The van der Waals surface area contributed by atoms with Gasteiger partial charge in [-0.05, 0) is 24.3 Å². The molecular weight excluding hydrogens is 250 g/mol. The van der Waals surface area contributed by atoms with Crippen LogP contribution >= 0.6 is 0 Å². The Morgan fingerprint density at radius 1 is 1.42 bits per heavy atom. The molecule has 1 aliphatic rings. The van der Waals surface area contributed by atoms with Crippen LogP contribution in [0.25, 0.3) is 0 Å². The molecule has 3 N–H and O–H groups in total. The van der Waals surface area contributed by atoms with E-state index in [0.717, 1.165) is 12.2 Å². The molecule has 102 valence electrons. The van der Waals surface area contributed by atoms with Crippen molar-refractivity contribution < 1.29 is 10.1 Å². The molecule has 0 aliphatic carbocycles. The predicted molar refractivity (Wildman–Crippen MR) is 70.6 cm³/mol. The van der Waals surface area contributed by atoms with Gasteiger partial charge in [-0.3, -0.25) is 4.99 Å². The van der Waals surface area contributed by atoms with Gasteiger partial charge in [0.05, 0.1) is 13.1 Å². The molecule has 19 heavy (non-hydrogen) atoms. The Hall–Kier alpha value is -2.51. The van der Waals surface area contributed by atoms with Crippen molar-refractivity contribution in [3.63, 3.8) is 0 Å². The van der Waals surface area contributed by atoms with Crippen LogP contribution in [-0.4, -0.2) is 47.2 Å². The number of anilines is 1. The maximum absolute atomic E-state index is 10.2. The number of phenols is 1. The standard InChI is InChI=1S/C11H15N5O3/c17-10-3-1-9(2-4-10)14-11-12-5-7-15(11)8-6-13-16(18)19/h1-4,13,17H,5-8H2,(H,12,14). The average Bonchev–Trinajstić information content (AvgIpc) is 2.79. The van der Waals surface area contributed by atoms with Crippen molar-refractivity contribution in [3.05, 3.63) is 34.4 Å². The Balaban J connectivity index is 1.88. The monoisotopic (exact) mass is 265 g/mol. The zero-order chi connectivity index (χ0) is 13.7. The lowest BCUT2D eigenvalue weighted by atomic mass is 10.3. The van der Waals surface area contributed by atoms with Crippen molar-refractivity contribution >= 4 is 11.6 Å². The van der Waals surface area contributed by atoms with E-state index in [1.807, 2.05) is 4.90 Å². The van der Waals surface area contributed by atoms with Gasteiger partial charge in [0.25, 0.3) is 0 Å². The minimum Gasteiger partial charge on any atom is -0.508 e. The van der Waals surface area contributed by atoms with Gasteiger partial charge in [0, 0.05) is 18.8 Å². The molecule has 0 aromatic heterocycles. The third kappa shape index (κ3) is 3.73. The van der Waals surface area contributed by atoms with E-state index < -0.39 is 5.03 Å². The Bertz CT molecular complexity index is 474. The number of nitrogens with one attached hydrogen (secondary N) is 2. The molecule has 0 amide bonds. The van der Waals surface area contributed by atoms with Gasteiger partial charge in [0.2, 0.25) is 0 Å². The quantitative estimate of drug-likeness (QED) is 0.401. The molecule has 0 fully saturated rings. The highest BCUT2D eigenvalue weighted by Gasteiger charge is 2.17. The maximum atomic E-state index is 10.2. The van der Waals surface area contributed by atoms with Crippen molar-refractivity contribution in [1.29, 1.82) is 0 Å². The number of nitro groups is 1. The summed E-state index contributed by atoms with van der Waals surface area (Å²) in [6, 6.07) is 6.64. The Morgan fingerprint density at radius 2 is 2.16 bits per heavy atom. The van der Waals surface area contributed by atoms with Crippen LogP contribution in [0.1, 0.15) is 0 Å². The van der Waals surface area contributed by atoms with Gasteiger partial charge >= 0.3 is 0 Å². The zero-order valence-electron chi connectivity index (χ0n) is 10.2. The van der Waals surface area contributed by atoms with Gasteiger partial charge in [-0.1, -0.05) is 0 Å². The van der Waals surface area contributed by atoms with Gasteiger partial charge in [-0.25, -0.2) is 10.1 Å². The van der Waals surface area contributed by atoms with Gasteiger partial charge in [-0.15, -0.1) is 5.43 Å². The number of hydrogen-bond acceptors (Lipinski definition) is 6. The second kappa shape index (κ2) is 5.89. The van der Waals surface area contributed by atoms with Gasteiger partial charge < -0.3 is 15.3 Å². The van der Waals surface area contributed by atoms with E-state index in [1.54, 1.807) is 24.3 Å². The van der Waals surface area contributed by atoms with Crippen molar-refractivity contribution in [2.45, 2.75) is 0 Å². The average molecular weight is 265 g/mol. The molecule has 8 heteroatoms. The first-order chi connectivity index (χ1) is 9.15. The summed E-state index contributed by atoms with van der Waals surface area (Å²) in [5.74, 6) is 0.891. The first-order valence-corrected chi connectivity index (χ1v) is 5.88. The number of rotatable bonds is 5. The van der Waals surface area contributed by atoms with Crippen LogP contribution in [0.4, 0.5) is 5.69 Å². The number of benzene rings is 1. The Labute approximate surface area is 109 Å². The van der Waals surface area contributed by atoms with Crippen LogP contribution in [0.5, 0.6) is 5.75 Å². The molecule has 0 saturated carbocycles. The number of aliphatic imine (C=N–C) groups is 1.